The normalized spacial score (nSPS) is 17.6. The van der Waals surface area contributed by atoms with Gasteiger partial charge in [-0.05, 0) is 33.0 Å². The van der Waals surface area contributed by atoms with Crippen molar-refractivity contribution in [1.29, 1.82) is 0 Å². The smallest absolute Gasteiger partial charge is 0.147 e. The van der Waals surface area contributed by atoms with Gasteiger partial charge in [0.1, 0.15) is 5.82 Å². The summed E-state index contributed by atoms with van der Waals surface area (Å²) in [4.78, 5) is 13.7. The van der Waals surface area contributed by atoms with E-state index in [9.17, 15) is 0 Å². The predicted octanol–water partition coefficient (Wildman–Crippen LogP) is 1.50. The number of nitrogens with one attached hydrogen (secondary N) is 1. The van der Waals surface area contributed by atoms with E-state index in [0.29, 0.717) is 12.1 Å². The van der Waals surface area contributed by atoms with Crippen LogP contribution in [0.4, 0.5) is 5.82 Å². The highest BCUT2D eigenvalue weighted by Crippen LogP contribution is 2.19. The van der Waals surface area contributed by atoms with Crippen LogP contribution in [0.25, 0.3) is 0 Å². The summed E-state index contributed by atoms with van der Waals surface area (Å²) in [5.41, 5.74) is 1.01. The van der Waals surface area contributed by atoms with Gasteiger partial charge in [0.15, 0.2) is 0 Å². The van der Waals surface area contributed by atoms with Gasteiger partial charge in [0, 0.05) is 31.9 Å². The molecule has 20 heavy (non-hydrogen) atoms. The van der Waals surface area contributed by atoms with E-state index in [4.69, 9.17) is 4.98 Å². The van der Waals surface area contributed by atoms with Gasteiger partial charge in [-0.2, -0.15) is 0 Å². The number of hydrogen-bond acceptors (Lipinski definition) is 5. The summed E-state index contributed by atoms with van der Waals surface area (Å²) >= 11 is 0. The average Bonchev–Trinajstić information content (AvgIpc) is 2.45. The van der Waals surface area contributed by atoms with E-state index >= 15 is 0 Å². The van der Waals surface area contributed by atoms with E-state index in [-0.39, 0.29) is 0 Å². The first kappa shape index (κ1) is 15.2. The number of likely N-dealkylation sites (tertiary alicyclic amines) is 1. The molecule has 0 saturated carbocycles. The molecule has 2 heterocycles. The quantitative estimate of drug-likeness (QED) is 0.884. The van der Waals surface area contributed by atoms with Crippen LogP contribution >= 0.6 is 0 Å². The first-order valence-corrected chi connectivity index (χ1v) is 7.52. The predicted molar refractivity (Wildman–Crippen MR) is 82.9 cm³/mol. The summed E-state index contributed by atoms with van der Waals surface area (Å²) in [6.45, 7) is 7.39. The van der Waals surface area contributed by atoms with Crippen molar-refractivity contribution in [2.24, 2.45) is 0 Å². The fraction of sp³-hybridized carbons (Fsp3) is 0.733. The van der Waals surface area contributed by atoms with Gasteiger partial charge >= 0.3 is 0 Å². The third-order valence-corrected chi connectivity index (χ3v) is 3.96. The summed E-state index contributed by atoms with van der Waals surface area (Å²) < 4.78 is 0. The maximum atomic E-state index is 4.73. The molecule has 0 radical (unpaired) electrons. The van der Waals surface area contributed by atoms with Gasteiger partial charge in [0.05, 0.1) is 11.9 Å². The second kappa shape index (κ2) is 6.99. The second-order valence-corrected chi connectivity index (χ2v) is 6.05. The van der Waals surface area contributed by atoms with Crippen LogP contribution in [0.15, 0.2) is 12.4 Å². The standard InChI is InChI=1S/C15H27N5/c1-12(2)17-10-13-9-16-11-15(18-13)20(4)14-5-7-19(3)8-6-14/h9,11-12,14,17H,5-8,10H2,1-4H3. The van der Waals surface area contributed by atoms with Crippen LogP contribution in [0.2, 0.25) is 0 Å². The van der Waals surface area contributed by atoms with Crippen LogP contribution in [-0.4, -0.2) is 54.1 Å². The van der Waals surface area contributed by atoms with Gasteiger partial charge < -0.3 is 15.1 Å². The molecule has 0 amide bonds. The maximum absolute atomic E-state index is 4.73. The molecule has 0 spiro atoms. The fourth-order valence-electron chi connectivity index (χ4n) is 2.53. The molecule has 112 valence electrons. The lowest BCUT2D eigenvalue weighted by molar-refractivity contribution is 0.252. The lowest BCUT2D eigenvalue weighted by atomic mass is 10.0. The van der Waals surface area contributed by atoms with E-state index in [1.165, 1.54) is 12.8 Å². The number of nitrogens with zero attached hydrogens (tertiary/aromatic N) is 4. The van der Waals surface area contributed by atoms with Gasteiger partial charge in [0.25, 0.3) is 0 Å². The van der Waals surface area contributed by atoms with Crippen molar-refractivity contribution in [3.63, 3.8) is 0 Å². The average molecular weight is 277 g/mol. The van der Waals surface area contributed by atoms with E-state index < -0.39 is 0 Å². The van der Waals surface area contributed by atoms with Crippen LogP contribution < -0.4 is 10.2 Å². The molecule has 1 aromatic heterocycles. The molecule has 1 aromatic rings. The zero-order valence-corrected chi connectivity index (χ0v) is 13.1. The Bertz CT molecular complexity index is 412. The van der Waals surface area contributed by atoms with Crippen LogP contribution in [0.1, 0.15) is 32.4 Å². The first-order valence-electron chi connectivity index (χ1n) is 7.52. The van der Waals surface area contributed by atoms with Gasteiger partial charge in [-0.25, -0.2) is 4.98 Å². The highest BCUT2D eigenvalue weighted by molar-refractivity contribution is 5.36. The molecule has 2 rings (SSSR count). The summed E-state index contributed by atoms with van der Waals surface area (Å²) in [7, 11) is 4.33. The summed E-state index contributed by atoms with van der Waals surface area (Å²) in [5.74, 6) is 0.989. The van der Waals surface area contributed by atoms with Crippen molar-refractivity contribution >= 4 is 5.82 Å². The Kier molecular flexibility index (Phi) is 5.31. The third kappa shape index (κ3) is 4.15. The zero-order chi connectivity index (χ0) is 14.5. The lowest BCUT2D eigenvalue weighted by Gasteiger charge is -2.35. The Morgan fingerprint density at radius 3 is 2.70 bits per heavy atom. The van der Waals surface area contributed by atoms with Gasteiger partial charge in [0.2, 0.25) is 0 Å². The molecule has 1 N–H and O–H groups in total. The Morgan fingerprint density at radius 1 is 1.35 bits per heavy atom. The summed E-state index contributed by atoms with van der Waals surface area (Å²) in [6.07, 6.45) is 6.12. The molecule has 0 aromatic carbocycles. The highest BCUT2D eigenvalue weighted by atomic mass is 15.2. The van der Waals surface area contributed by atoms with E-state index in [1.54, 1.807) is 0 Å². The second-order valence-electron chi connectivity index (χ2n) is 6.05. The molecule has 1 aliphatic heterocycles. The van der Waals surface area contributed by atoms with E-state index in [0.717, 1.165) is 31.1 Å². The number of rotatable bonds is 5. The molecule has 5 heteroatoms. The molecular formula is C15H27N5. The first-order chi connectivity index (χ1) is 9.56. The molecule has 1 aliphatic rings. The van der Waals surface area contributed by atoms with Crippen LogP contribution in [0.3, 0.4) is 0 Å². The van der Waals surface area contributed by atoms with Gasteiger partial charge in [-0.1, -0.05) is 13.8 Å². The number of hydrogen-bond donors (Lipinski definition) is 1. The molecule has 0 atom stereocenters. The van der Waals surface area contributed by atoms with E-state index in [2.05, 4.69) is 48.0 Å². The van der Waals surface area contributed by atoms with Crippen molar-refractivity contribution in [1.82, 2.24) is 20.2 Å². The maximum Gasteiger partial charge on any atom is 0.147 e. The summed E-state index contributed by atoms with van der Waals surface area (Å²) in [5, 5.41) is 3.39. The van der Waals surface area contributed by atoms with Crippen LogP contribution in [-0.2, 0) is 6.54 Å². The van der Waals surface area contributed by atoms with E-state index in [1.807, 2.05) is 12.4 Å². The molecule has 1 fully saturated rings. The minimum Gasteiger partial charge on any atom is -0.355 e. The Morgan fingerprint density at radius 2 is 2.05 bits per heavy atom. The fourth-order valence-corrected chi connectivity index (χ4v) is 2.53. The highest BCUT2D eigenvalue weighted by Gasteiger charge is 2.21. The largest absolute Gasteiger partial charge is 0.355 e. The van der Waals surface area contributed by atoms with Gasteiger partial charge in [-0.3, -0.25) is 4.98 Å². The lowest BCUT2D eigenvalue weighted by Crippen LogP contribution is -2.42. The number of piperidine rings is 1. The monoisotopic (exact) mass is 277 g/mol. The summed E-state index contributed by atoms with van der Waals surface area (Å²) in [6, 6.07) is 1.04. The Labute approximate surface area is 122 Å². The van der Waals surface area contributed by atoms with Crippen LogP contribution in [0, 0.1) is 0 Å². The molecule has 0 bridgehead atoms. The van der Waals surface area contributed by atoms with Crippen molar-refractivity contribution < 1.29 is 0 Å². The van der Waals surface area contributed by atoms with Crippen molar-refractivity contribution in [3.8, 4) is 0 Å². The number of aromatic nitrogens is 2. The molecular weight excluding hydrogens is 250 g/mol. The van der Waals surface area contributed by atoms with Crippen molar-refractivity contribution in [2.45, 2.75) is 45.3 Å². The molecule has 1 saturated heterocycles. The van der Waals surface area contributed by atoms with Gasteiger partial charge in [-0.15, -0.1) is 0 Å². The molecule has 0 aliphatic carbocycles. The third-order valence-electron chi connectivity index (χ3n) is 3.96. The van der Waals surface area contributed by atoms with Crippen molar-refractivity contribution in [2.75, 3.05) is 32.1 Å². The molecule has 5 nitrogen and oxygen atoms in total. The Balaban J connectivity index is 1.98. The topological polar surface area (TPSA) is 44.3 Å². The van der Waals surface area contributed by atoms with Crippen LogP contribution in [0.5, 0.6) is 0 Å². The molecule has 0 unspecified atom stereocenters. The minimum atomic E-state index is 0.465. The Hall–Kier alpha value is -1.20. The SMILES string of the molecule is CC(C)NCc1cncc(N(C)C2CCN(C)CC2)n1. The van der Waals surface area contributed by atoms with Crippen molar-refractivity contribution in [3.05, 3.63) is 18.1 Å². The number of anilines is 1. The minimum absolute atomic E-state index is 0.465. The zero-order valence-electron chi connectivity index (χ0n) is 13.1.